The molecule has 186 valence electrons. The quantitative estimate of drug-likeness (QED) is 0.220. The van der Waals surface area contributed by atoms with E-state index in [1.807, 2.05) is 30.3 Å². The highest BCUT2D eigenvalue weighted by molar-refractivity contribution is 6.34. The summed E-state index contributed by atoms with van der Waals surface area (Å²) in [6.45, 7) is 0.249. The van der Waals surface area contributed by atoms with Crippen LogP contribution in [0.5, 0.6) is 0 Å². The molecule has 0 fully saturated rings. The zero-order valence-electron chi connectivity index (χ0n) is 19.3. The van der Waals surface area contributed by atoms with Crippen molar-refractivity contribution in [1.82, 2.24) is 36.5 Å². The van der Waals surface area contributed by atoms with Crippen LogP contribution in [0.15, 0.2) is 84.7 Å². The monoisotopic (exact) mass is 515 g/mol. The molecular formula is C25H22ClN9O2. The predicted molar refractivity (Wildman–Crippen MR) is 140 cm³/mol. The third-order valence-electron chi connectivity index (χ3n) is 5.44. The van der Waals surface area contributed by atoms with Crippen molar-refractivity contribution in [1.29, 1.82) is 0 Å². The van der Waals surface area contributed by atoms with Crippen LogP contribution in [0.4, 0.5) is 11.6 Å². The summed E-state index contributed by atoms with van der Waals surface area (Å²) in [5.41, 5.74) is 17.2. The van der Waals surface area contributed by atoms with Crippen LogP contribution >= 0.6 is 11.6 Å². The molecule has 2 amide bonds. The molecule has 4 aromatic rings. The Morgan fingerprint density at radius 3 is 2.59 bits per heavy atom. The van der Waals surface area contributed by atoms with Crippen molar-refractivity contribution >= 4 is 35.1 Å². The third-order valence-corrected chi connectivity index (χ3v) is 5.77. The largest absolute Gasteiger partial charge is 0.384 e. The first-order chi connectivity index (χ1) is 18.0. The zero-order chi connectivity index (χ0) is 25.8. The molecule has 1 aliphatic rings. The number of amides is 2. The molecule has 11 nitrogen and oxygen atoms in total. The molecule has 2 aromatic carbocycles. The van der Waals surface area contributed by atoms with Crippen molar-refractivity contribution < 1.29 is 9.59 Å². The Labute approximate surface area is 216 Å². The number of rotatable bonds is 7. The Morgan fingerprint density at radius 1 is 1.00 bits per heavy atom. The Hall–Kier alpha value is -4.87. The number of carbonyl (C=O) groups excluding carboxylic acids is 2. The van der Waals surface area contributed by atoms with Gasteiger partial charge in [-0.05, 0) is 36.4 Å². The molecule has 0 atom stereocenters. The van der Waals surface area contributed by atoms with E-state index in [9.17, 15) is 9.59 Å². The highest BCUT2D eigenvalue weighted by Crippen LogP contribution is 2.26. The first-order valence-electron chi connectivity index (χ1n) is 11.2. The average Bonchev–Trinajstić information content (AvgIpc) is 3.58. The molecule has 12 heteroatoms. The van der Waals surface area contributed by atoms with Gasteiger partial charge in [-0.15, -0.1) is 0 Å². The normalized spacial score (nSPS) is 12.3. The molecule has 2 aromatic heterocycles. The van der Waals surface area contributed by atoms with Crippen LogP contribution in [0.25, 0.3) is 16.9 Å². The van der Waals surface area contributed by atoms with Crippen LogP contribution in [-0.2, 0) is 0 Å². The third kappa shape index (κ3) is 5.37. The minimum atomic E-state index is -0.475. The Kier molecular flexibility index (Phi) is 6.70. The lowest BCUT2D eigenvalue weighted by Gasteiger charge is -2.11. The smallest absolute Gasteiger partial charge is 0.272 e. The van der Waals surface area contributed by atoms with Gasteiger partial charge in [-0.3, -0.25) is 9.59 Å². The van der Waals surface area contributed by atoms with Gasteiger partial charge in [0.2, 0.25) is 0 Å². The van der Waals surface area contributed by atoms with Gasteiger partial charge in [-0.1, -0.05) is 41.9 Å². The molecule has 0 aliphatic carbocycles. The summed E-state index contributed by atoms with van der Waals surface area (Å²) in [5.74, 6) is -0.222. The van der Waals surface area contributed by atoms with Crippen LogP contribution in [-0.4, -0.2) is 33.1 Å². The van der Waals surface area contributed by atoms with Crippen LogP contribution in [0.3, 0.4) is 0 Å². The second kappa shape index (κ2) is 10.4. The van der Waals surface area contributed by atoms with Gasteiger partial charge in [-0.2, -0.15) is 10.6 Å². The molecule has 0 saturated heterocycles. The number of nitrogens with one attached hydrogen (secondary N) is 5. The maximum Gasteiger partial charge on any atom is 0.272 e. The molecular weight excluding hydrogens is 494 g/mol. The molecule has 0 unspecified atom stereocenters. The number of anilines is 2. The number of halogens is 1. The van der Waals surface area contributed by atoms with Crippen LogP contribution in [0.1, 0.15) is 20.8 Å². The number of pyridine rings is 1. The standard InChI is InChI=1S/C25H22ClN9O2/c26-19-10-9-15(20-7-4-8-22(27)30-20)11-18(19)24(36)31-23-12-21(25(37)28-13-16-14-29-34-32-16)33-35(23)17-5-2-1-3-6-17/h1-12,14,29,32,34H,13H2,(H2,27,30)(H,28,37)(H,31,36). The topological polar surface area (TPSA) is 151 Å². The molecule has 0 radical (unpaired) electrons. The summed E-state index contributed by atoms with van der Waals surface area (Å²) in [4.78, 5) is 30.4. The summed E-state index contributed by atoms with van der Waals surface area (Å²) in [6.07, 6.45) is 1.69. The SMILES string of the molecule is Nc1cccc(-c2ccc(Cl)c(C(=O)Nc3cc(C(=O)NCC4=CNNN4)nn3-c3ccccc3)c2)n1. The van der Waals surface area contributed by atoms with E-state index in [2.05, 4.69) is 37.1 Å². The lowest BCUT2D eigenvalue weighted by molar-refractivity contribution is 0.0950. The average molecular weight is 516 g/mol. The summed E-state index contributed by atoms with van der Waals surface area (Å²) < 4.78 is 1.49. The second-order valence-corrected chi connectivity index (χ2v) is 8.41. The Morgan fingerprint density at radius 2 is 1.84 bits per heavy atom. The fourth-order valence-electron chi connectivity index (χ4n) is 3.64. The number of nitrogen functional groups attached to an aromatic ring is 1. The van der Waals surface area contributed by atoms with Gasteiger partial charge in [0.1, 0.15) is 11.6 Å². The van der Waals surface area contributed by atoms with Crippen LogP contribution < -0.4 is 32.8 Å². The van der Waals surface area contributed by atoms with Gasteiger partial charge in [-0.25, -0.2) is 9.67 Å². The highest BCUT2D eigenvalue weighted by atomic mass is 35.5. The molecule has 0 saturated carbocycles. The molecule has 1 aliphatic heterocycles. The summed E-state index contributed by atoms with van der Waals surface area (Å²) in [7, 11) is 0. The lowest BCUT2D eigenvalue weighted by atomic mass is 10.1. The maximum absolute atomic E-state index is 13.3. The molecule has 7 N–H and O–H groups in total. The van der Waals surface area contributed by atoms with E-state index in [1.165, 1.54) is 10.7 Å². The van der Waals surface area contributed by atoms with Crippen molar-refractivity contribution in [2.75, 3.05) is 17.6 Å². The number of nitrogens with zero attached hydrogens (tertiary/aromatic N) is 3. The number of hydrazine groups is 2. The van der Waals surface area contributed by atoms with Crippen molar-refractivity contribution in [3.05, 3.63) is 101 Å². The number of carbonyl (C=O) groups is 2. The number of nitrogens with two attached hydrogens (primary N) is 1. The number of aromatic nitrogens is 3. The van der Waals surface area contributed by atoms with Crippen molar-refractivity contribution in [2.24, 2.45) is 0 Å². The number of para-hydroxylation sites is 1. The van der Waals surface area contributed by atoms with E-state index in [0.717, 1.165) is 5.70 Å². The summed E-state index contributed by atoms with van der Waals surface area (Å²) in [6, 6.07) is 20.9. The molecule has 0 spiro atoms. The first-order valence-corrected chi connectivity index (χ1v) is 11.6. The van der Waals surface area contributed by atoms with Gasteiger partial charge in [0, 0.05) is 17.8 Å². The number of hydrogen-bond acceptors (Lipinski definition) is 8. The second-order valence-electron chi connectivity index (χ2n) is 8.01. The minimum Gasteiger partial charge on any atom is -0.384 e. The highest BCUT2D eigenvalue weighted by Gasteiger charge is 2.20. The molecule has 37 heavy (non-hydrogen) atoms. The number of hydrogen-bond donors (Lipinski definition) is 6. The van der Waals surface area contributed by atoms with E-state index in [1.54, 1.807) is 42.6 Å². The van der Waals surface area contributed by atoms with Crippen LogP contribution in [0, 0.1) is 0 Å². The predicted octanol–water partition coefficient (Wildman–Crippen LogP) is 2.61. The van der Waals surface area contributed by atoms with Gasteiger partial charge < -0.3 is 27.2 Å². The van der Waals surface area contributed by atoms with E-state index in [0.29, 0.717) is 28.6 Å². The molecule has 3 heterocycles. The van der Waals surface area contributed by atoms with Crippen molar-refractivity contribution in [3.63, 3.8) is 0 Å². The van der Waals surface area contributed by atoms with Gasteiger partial charge in [0.05, 0.1) is 34.2 Å². The fraction of sp³-hybridized carbons (Fsp3) is 0.0400. The first kappa shape index (κ1) is 23.9. The zero-order valence-corrected chi connectivity index (χ0v) is 20.1. The molecule has 5 rings (SSSR count). The summed E-state index contributed by atoms with van der Waals surface area (Å²) >= 11 is 6.38. The minimum absolute atomic E-state index is 0.127. The maximum atomic E-state index is 13.3. The van der Waals surface area contributed by atoms with Gasteiger partial charge in [0.25, 0.3) is 11.8 Å². The van der Waals surface area contributed by atoms with E-state index in [-0.39, 0.29) is 22.8 Å². The Balaban J connectivity index is 1.43. The van der Waals surface area contributed by atoms with E-state index >= 15 is 0 Å². The summed E-state index contributed by atoms with van der Waals surface area (Å²) in [5, 5.41) is 10.3. The van der Waals surface area contributed by atoms with Crippen molar-refractivity contribution in [2.45, 2.75) is 0 Å². The van der Waals surface area contributed by atoms with Gasteiger partial charge >= 0.3 is 0 Å². The van der Waals surface area contributed by atoms with E-state index < -0.39 is 11.8 Å². The van der Waals surface area contributed by atoms with Crippen molar-refractivity contribution in [3.8, 4) is 16.9 Å². The lowest BCUT2D eigenvalue weighted by Crippen LogP contribution is -2.35. The number of benzene rings is 2. The van der Waals surface area contributed by atoms with E-state index in [4.69, 9.17) is 17.3 Å². The molecule has 0 bridgehead atoms. The Bertz CT molecular complexity index is 1500. The van der Waals surface area contributed by atoms with Crippen LogP contribution in [0.2, 0.25) is 5.02 Å². The van der Waals surface area contributed by atoms with Gasteiger partial charge in [0.15, 0.2) is 5.69 Å². The fourth-order valence-corrected chi connectivity index (χ4v) is 3.84.